The summed E-state index contributed by atoms with van der Waals surface area (Å²) in [6.07, 6.45) is 1.45. The molecule has 21 heavy (non-hydrogen) atoms. The minimum atomic E-state index is -0.384. The number of anilines is 1. The average molecular weight is 304 g/mol. The number of carbonyl (C=O) groups is 1. The Kier molecular flexibility index (Phi) is 3.65. The van der Waals surface area contributed by atoms with Gasteiger partial charge in [-0.25, -0.2) is 4.98 Å². The zero-order valence-electron chi connectivity index (χ0n) is 10.7. The van der Waals surface area contributed by atoms with Crippen molar-refractivity contribution in [3.05, 3.63) is 41.8 Å². The molecule has 7 nitrogen and oxygen atoms in total. The highest BCUT2D eigenvalue weighted by Gasteiger charge is 2.11. The van der Waals surface area contributed by atoms with Crippen LogP contribution in [0.1, 0.15) is 0 Å². The molecule has 106 valence electrons. The van der Waals surface area contributed by atoms with Gasteiger partial charge in [0.1, 0.15) is 11.3 Å². The number of fused-ring (bicyclic) bond motifs is 1. The van der Waals surface area contributed by atoms with Crippen molar-refractivity contribution in [2.45, 2.75) is 0 Å². The highest BCUT2D eigenvalue weighted by molar-refractivity contribution is 6.33. The summed E-state index contributed by atoms with van der Waals surface area (Å²) in [6, 6.07) is 9.03. The number of halogens is 1. The monoisotopic (exact) mass is 303 g/mol. The van der Waals surface area contributed by atoms with E-state index < -0.39 is 0 Å². The second-order valence-electron chi connectivity index (χ2n) is 4.09. The highest BCUT2D eigenvalue weighted by atomic mass is 35.5. The molecule has 3 aromatic rings. The molecular weight excluding hydrogens is 294 g/mol. The van der Waals surface area contributed by atoms with Crippen molar-refractivity contribution in [3.8, 4) is 5.75 Å². The molecule has 2 N–H and O–H groups in total. The first kappa shape index (κ1) is 13.3. The molecule has 0 aliphatic rings. The number of aromatic nitrogens is 4. The number of ether oxygens (including phenoxy) is 1. The van der Waals surface area contributed by atoms with Gasteiger partial charge in [0.2, 0.25) is 5.95 Å². The molecule has 2 heterocycles. The van der Waals surface area contributed by atoms with Crippen LogP contribution in [0.5, 0.6) is 5.75 Å². The normalized spacial score (nSPS) is 10.5. The van der Waals surface area contributed by atoms with Crippen molar-refractivity contribution in [2.75, 3.05) is 11.9 Å². The average Bonchev–Trinajstić information content (AvgIpc) is 2.95. The molecule has 0 aliphatic carbocycles. The van der Waals surface area contributed by atoms with Crippen molar-refractivity contribution in [1.29, 1.82) is 0 Å². The molecule has 1 amide bonds. The summed E-state index contributed by atoms with van der Waals surface area (Å²) in [6.45, 7) is -0.149. The number of hydrogen-bond acceptors (Lipinski definition) is 5. The Balaban J connectivity index is 1.66. The van der Waals surface area contributed by atoms with E-state index in [2.05, 4.69) is 25.3 Å². The van der Waals surface area contributed by atoms with Gasteiger partial charge in [-0.3, -0.25) is 10.1 Å². The quantitative estimate of drug-likeness (QED) is 0.719. The first-order valence-electron chi connectivity index (χ1n) is 6.07. The first-order valence-corrected chi connectivity index (χ1v) is 6.44. The van der Waals surface area contributed by atoms with E-state index in [-0.39, 0.29) is 23.6 Å². The number of aromatic amines is 1. The highest BCUT2D eigenvalue weighted by Crippen LogP contribution is 2.18. The van der Waals surface area contributed by atoms with Crippen LogP contribution in [0.15, 0.2) is 36.7 Å². The van der Waals surface area contributed by atoms with E-state index in [9.17, 15) is 4.79 Å². The van der Waals surface area contributed by atoms with Gasteiger partial charge in [0.15, 0.2) is 17.4 Å². The van der Waals surface area contributed by atoms with Crippen LogP contribution in [-0.2, 0) is 4.79 Å². The largest absolute Gasteiger partial charge is 0.484 e. The fourth-order valence-corrected chi connectivity index (χ4v) is 1.90. The molecule has 3 rings (SSSR count). The summed E-state index contributed by atoms with van der Waals surface area (Å²) >= 11 is 5.96. The summed E-state index contributed by atoms with van der Waals surface area (Å²) in [7, 11) is 0. The van der Waals surface area contributed by atoms with Gasteiger partial charge < -0.3 is 9.72 Å². The first-order chi connectivity index (χ1) is 10.2. The Morgan fingerprint density at radius 1 is 1.29 bits per heavy atom. The number of carbonyl (C=O) groups excluding carboxylic acids is 1. The molecular formula is C13H10ClN5O2. The number of H-pyrrole nitrogens is 1. The molecule has 0 saturated heterocycles. The zero-order chi connectivity index (χ0) is 14.7. The van der Waals surface area contributed by atoms with Crippen molar-refractivity contribution >= 4 is 34.6 Å². The van der Waals surface area contributed by atoms with E-state index >= 15 is 0 Å². The van der Waals surface area contributed by atoms with Crippen LogP contribution in [0.2, 0.25) is 5.15 Å². The maximum absolute atomic E-state index is 11.8. The van der Waals surface area contributed by atoms with Gasteiger partial charge in [-0.15, -0.1) is 0 Å². The number of amides is 1. The molecule has 0 unspecified atom stereocenters. The van der Waals surface area contributed by atoms with Crippen LogP contribution in [0.4, 0.5) is 5.95 Å². The van der Waals surface area contributed by atoms with Crippen molar-refractivity contribution < 1.29 is 9.53 Å². The van der Waals surface area contributed by atoms with E-state index in [1.165, 1.54) is 6.33 Å². The Morgan fingerprint density at radius 3 is 2.90 bits per heavy atom. The predicted octanol–water partition coefficient (Wildman–Crippen LogP) is 2.02. The lowest BCUT2D eigenvalue weighted by Crippen LogP contribution is -2.21. The standard InChI is InChI=1S/C13H10ClN5O2/c14-11-10-12(16-7-15-10)19-13(18-11)17-9(20)6-21-8-4-2-1-3-5-8/h1-5,7H,6H2,(H2,15,16,17,18,19,20). The SMILES string of the molecule is O=C(COc1ccccc1)Nc1nc(Cl)c2[nH]cnc2n1. The smallest absolute Gasteiger partial charge is 0.264 e. The van der Waals surface area contributed by atoms with E-state index in [0.717, 1.165) is 0 Å². The summed E-state index contributed by atoms with van der Waals surface area (Å²) in [5.41, 5.74) is 0.907. The number of imidazole rings is 1. The molecule has 8 heteroatoms. The van der Waals surface area contributed by atoms with E-state index in [0.29, 0.717) is 16.9 Å². The minimum absolute atomic E-state index is 0.0845. The third-order valence-corrected chi connectivity index (χ3v) is 2.88. The van der Waals surface area contributed by atoms with E-state index in [1.54, 1.807) is 12.1 Å². The topological polar surface area (TPSA) is 92.8 Å². The van der Waals surface area contributed by atoms with Gasteiger partial charge in [0.25, 0.3) is 5.91 Å². The van der Waals surface area contributed by atoms with Crippen LogP contribution < -0.4 is 10.1 Å². The second kappa shape index (κ2) is 5.76. The third-order valence-electron chi connectivity index (χ3n) is 2.61. The van der Waals surface area contributed by atoms with Gasteiger partial charge in [0.05, 0.1) is 6.33 Å². The Bertz CT molecular complexity index is 775. The zero-order valence-corrected chi connectivity index (χ0v) is 11.5. The molecule has 0 atom stereocenters. The summed E-state index contributed by atoms with van der Waals surface area (Å²) < 4.78 is 5.32. The Morgan fingerprint density at radius 2 is 2.10 bits per heavy atom. The van der Waals surface area contributed by atoms with Gasteiger partial charge in [-0.05, 0) is 12.1 Å². The molecule has 0 bridgehead atoms. The molecule has 0 aliphatic heterocycles. The summed E-state index contributed by atoms with van der Waals surface area (Å²) in [5, 5.41) is 2.70. The number of nitrogens with one attached hydrogen (secondary N) is 2. The molecule has 2 aromatic heterocycles. The molecule has 0 fully saturated rings. The van der Waals surface area contributed by atoms with Crippen LogP contribution in [-0.4, -0.2) is 32.4 Å². The van der Waals surface area contributed by atoms with Gasteiger partial charge in [-0.1, -0.05) is 29.8 Å². The molecule has 0 saturated carbocycles. The Labute approximate surface area is 124 Å². The van der Waals surface area contributed by atoms with Crippen molar-refractivity contribution in [3.63, 3.8) is 0 Å². The minimum Gasteiger partial charge on any atom is -0.484 e. The maximum Gasteiger partial charge on any atom is 0.264 e. The summed E-state index contributed by atoms with van der Waals surface area (Å²) in [5.74, 6) is 0.306. The lowest BCUT2D eigenvalue weighted by molar-refractivity contribution is -0.118. The van der Waals surface area contributed by atoms with E-state index in [1.807, 2.05) is 18.2 Å². The number of nitrogens with zero attached hydrogens (tertiary/aromatic N) is 3. The Hall–Kier alpha value is -2.67. The predicted molar refractivity (Wildman–Crippen MR) is 77.3 cm³/mol. The third kappa shape index (κ3) is 3.09. The van der Waals surface area contributed by atoms with E-state index in [4.69, 9.17) is 16.3 Å². The molecule has 1 aromatic carbocycles. The fourth-order valence-electron chi connectivity index (χ4n) is 1.68. The number of hydrogen-bond donors (Lipinski definition) is 2. The number of benzene rings is 1. The lowest BCUT2D eigenvalue weighted by atomic mass is 10.3. The number of para-hydroxylation sites is 1. The van der Waals surface area contributed by atoms with Crippen molar-refractivity contribution in [1.82, 2.24) is 19.9 Å². The van der Waals surface area contributed by atoms with Crippen LogP contribution in [0.3, 0.4) is 0 Å². The van der Waals surface area contributed by atoms with Crippen LogP contribution in [0, 0.1) is 0 Å². The lowest BCUT2D eigenvalue weighted by Gasteiger charge is -2.06. The van der Waals surface area contributed by atoms with Gasteiger partial charge in [0, 0.05) is 0 Å². The molecule has 0 spiro atoms. The maximum atomic E-state index is 11.8. The van der Waals surface area contributed by atoms with Crippen LogP contribution in [0.25, 0.3) is 11.2 Å². The van der Waals surface area contributed by atoms with Gasteiger partial charge >= 0.3 is 0 Å². The fraction of sp³-hybridized carbons (Fsp3) is 0.0769. The number of rotatable bonds is 4. The second-order valence-corrected chi connectivity index (χ2v) is 4.45. The molecule has 0 radical (unpaired) electrons. The van der Waals surface area contributed by atoms with Gasteiger partial charge in [-0.2, -0.15) is 9.97 Å². The van der Waals surface area contributed by atoms with Crippen LogP contribution >= 0.6 is 11.6 Å². The summed E-state index contributed by atoms with van der Waals surface area (Å²) in [4.78, 5) is 26.6. The van der Waals surface area contributed by atoms with Crippen molar-refractivity contribution in [2.24, 2.45) is 0 Å².